The normalized spacial score (nSPS) is 9.78. The van der Waals surface area contributed by atoms with Crippen LogP contribution in [0.4, 0.5) is 0 Å². The van der Waals surface area contributed by atoms with Crippen molar-refractivity contribution in [2.75, 3.05) is 19.1 Å². The lowest BCUT2D eigenvalue weighted by atomic mass is 10.5. The molecule has 0 fully saturated rings. The Kier molecular flexibility index (Phi) is 7.17. The number of allylic oxidation sites excluding steroid dienone is 1. The molecule has 0 N–H and O–H groups in total. The molecule has 0 rings (SSSR count). The minimum Gasteiger partial charge on any atom is -0.365 e. The van der Waals surface area contributed by atoms with Crippen LogP contribution in [0.15, 0.2) is 12.2 Å². The van der Waals surface area contributed by atoms with Gasteiger partial charge in [0.1, 0.15) is 6.61 Å². The van der Waals surface area contributed by atoms with Crippen LogP contribution >= 0.6 is 11.6 Å². The summed E-state index contributed by atoms with van der Waals surface area (Å²) in [6.07, 6.45) is 8.57. The van der Waals surface area contributed by atoms with Crippen molar-refractivity contribution in [1.29, 1.82) is 0 Å². The van der Waals surface area contributed by atoms with Crippen LogP contribution in [0.2, 0.25) is 0 Å². The Labute approximate surface area is 60.7 Å². The molecule has 0 bridgehead atoms. The van der Waals surface area contributed by atoms with Gasteiger partial charge in [-0.1, -0.05) is 18.1 Å². The Balaban J connectivity index is 2.92. The van der Waals surface area contributed by atoms with Crippen LogP contribution in [-0.4, -0.2) is 19.1 Å². The van der Waals surface area contributed by atoms with Gasteiger partial charge in [-0.2, -0.15) is 0 Å². The Morgan fingerprint density at radius 1 is 1.56 bits per heavy atom. The molecule has 2 heteroatoms. The van der Waals surface area contributed by atoms with E-state index < -0.39 is 0 Å². The highest BCUT2D eigenvalue weighted by Crippen LogP contribution is 1.79. The maximum Gasteiger partial charge on any atom is 0.107 e. The number of hydrogen-bond donors (Lipinski definition) is 0. The quantitative estimate of drug-likeness (QED) is 0.251. The van der Waals surface area contributed by atoms with Crippen molar-refractivity contribution in [1.82, 2.24) is 0 Å². The predicted molar refractivity (Wildman–Crippen MR) is 39.5 cm³/mol. The molecule has 1 nitrogen and oxygen atoms in total. The largest absolute Gasteiger partial charge is 0.365 e. The molecule has 0 aromatic heterocycles. The zero-order chi connectivity index (χ0) is 6.95. The third kappa shape index (κ3) is 7.55. The molecule has 0 amide bonds. The topological polar surface area (TPSA) is 9.23 Å². The van der Waals surface area contributed by atoms with Crippen LogP contribution in [0.1, 0.15) is 0 Å². The Bertz CT molecular complexity index is 113. The van der Waals surface area contributed by atoms with Gasteiger partial charge in [0, 0.05) is 5.88 Å². The lowest BCUT2D eigenvalue weighted by Crippen LogP contribution is -1.89. The highest BCUT2D eigenvalue weighted by atomic mass is 35.5. The van der Waals surface area contributed by atoms with Crippen LogP contribution in [0.5, 0.6) is 0 Å². The summed E-state index contributed by atoms with van der Waals surface area (Å²) < 4.78 is 4.90. The first-order valence-corrected chi connectivity index (χ1v) is 3.17. The van der Waals surface area contributed by atoms with Gasteiger partial charge in [-0.25, -0.2) is 0 Å². The fraction of sp³-hybridized carbons (Fsp3) is 0.429. The van der Waals surface area contributed by atoms with Gasteiger partial charge < -0.3 is 4.74 Å². The average molecular weight is 145 g/mol. The smallest absolute Gasteiger partial charge is 0.107 e. The molecular formula is C7H9ClO. The predicted octanol–water partition coefficient (Wildman–Crippen LogP) is 1.43. The Hall–Kier alpha value is -0.450. The van der Waals surface area contributed by atoms with E-state index in [1.807, 2.05) is 12.2 Å². The molecular weight excluding hydrogens is 136 g/mol. The molecule has 50 valence electrons. The zero-order valence-corrected chi connectivity index (χ0v) is 5.90. The molecule has 0 saturated heterocycles. The van der Waals surface area contributed by atoms with E-state index in [1.165, 1.54) is 0 Å². The summed E-state index contributed by atoms with van der Waals surface area (Å²) in [5.74, 6) is 2.88. The second-order valence-electron chi connectivity index (χ2n) is 1.34. The number of alkyl halides is 1. The van der Waals surface area contributed by atoms with Crippen molar-refractivity contribution in [3.63, 3.8) is 0 Å². The van der Waals surface area contributed by atoms with E-state index in [9.17, 15) is 0 Å². The van der Waals surface area contributed by atoms with Gasteiger partial charge in [-0.3, -0.25) is 0 Å². The Morgan fingerprint density at radius 3 is 2.89 bits per heavy atom. The number of halogens is 1. The first-order valence-electron chi connectivity index (χ1n) is 2.64. The summed E-state index contributed by atoms with van der Waals surface area (Å²) in [5.41, 5.74) is 0. The second kappa shape index (κ2) is 7.55. The molecule has 0 heterocycles. The summed E-state index contributed by atoms with van der Waals surface area (Å²) in [5, 5.41) is 0. The zero-order valence-electron chi connectivity index (χ0n) is 5.14. The molecule has 0 spiro atoms. The average Bonchev–Trinajstić information content (AvgIpc) is 1.89. The minimum absolute atomic E-state index is 0.368. The first kappa shape index (κ1) is 8.55. The van der Waals surface area contributed by atoms with Gasteiger partial charge in [0.05, 0.1) is 6.61 Å². The summed E-state index contributed by atoms with van der Waals surface area (Å²) in [6.45, 7) is 0.920. The molecule has 0 aromatic carbocycles. The lowest BCUT2D eigenvalue weighted by Gasteiger charge is -1.89. The summed E-state index contributed by atoms with van der Waals surface area (Å²) >= 11 is 5.33. The van der Waals surface area contributed by atoms with E-state index in [0.717, 1.165) is 0 Å². The SMILES string of the molecule is C#CCOCC=CCCl. The number of terminal acetylenes is 1. The van der Waals surface area contributed by atoms with E-state index in [1.54, 1.807) is 0 Å². The maximum atomic E-state index is 5.33. The number of hydrogen-bond acceptors (Lipinski definition) is 1. The van der Waals surface area contributed by atoms with E-state index in [2.05, 4.69) is 5.92 Å². The summed E-state index contributed by atoms with van der Waals surface area (Å²) in [4.78, 5) is 0. The van der Waals surface area contributed by atoms with Crippen molar-refractivity contribution in [3.05, 3.63) is 12.2 Å². The van der Waals surface area contributed by atoms with Gasteiger partial charge >= 0.3 is 0 Å². The van der Waals surface area contributed by atoms with E-state index >= 15 is 0 Å². The van der Waals surface area contributed by atoms with Gasteiger partial charge in [0.25, 0.3) is 0 Å². The summed E-state index contributed by atoms with van der Waals surface area (Å²) in [7, 11) is 0. The molecule has 0 saturated carbocycles. The molecule has 0 radical (unpaired) electrons. The molecule has 0 aliphatic rings. The van der Waals surface area contributed by atoms with Crippen molar-refractivity contribution in [2.45, 2.75) is 0 Å². The lowest BCUT2D eigenvalue weighted by molar-refractivity contribution is 0.199. The molecule has 0 atom stereocenters. The van der Waals surface area contributed by atoms with E-state index in [-0.39, 0.29) is 0 Å². The first-order chi connectivity index (χ1) is 4.41. The standard InChI is InChI=1S/C7H9ClO/c1-2-6-9-7-4-3-5-8/h1,3-4H,5-7H2. The third-order valence-electron chi connectivity index (χ3n) is 0.655. The molecule has 0 aliphatic carbocycles. The highest BCUT2D eigenvalue weighted by molar-refractivity contribution is 6.18. The summed E-state index contributed by atoms with van der Waals surface area (Å²) in [6, 6.07) is 0. The fourth-order valence-corrected chi connectivity index (χ4v) is 0.443. The Morgan fingerprint density at radius 2 is 2.33 bits per heavy atom. The molecule has 0 aromatic rings. The second-order valence-corrected chi connectivity index (χ2v) is 1.65. The van der Waals surface area contributed by atoms with Crippen LogP contribution in [0.3, 0.4) is 0 Å². The third-order valence-corrected chi connectivity index (χ3v) is 0.833. The van der Waals surface area contributed by atoms with Crippen LogP contribution < -0.4 is 0 Å². The number of rotatable bonds is 4. The van der Waals surface area contributed by atoms with Crippen LogP contribution in [0.25, 0.3) is 0 Å². The van der Waals surface area contributed by atoms with Gasteiger partial charge in [0.15, 0.2) is 0 Å². The van der Waals surface area contributed by atoms with Crippen LogP contribution in [-0.2, 0) is 4.74 Å². The number of ether oxygens (including phenoxy) is 1. The van der Waals surface area contributed by atoms with Crippen molar-refractivity contribution >= 4 is 11.6 Å². The van der Waals surface area contributed by atoms with Crippen LogP contribution in [0, 0.1) is 12.3 Å². The van der Waals surface area contributed by atoms with Crippen molar-refractivity contribution < 1.29 is 4.74 Å². The van der Waals surface area contributed by atoms with E-state index in [4.69, 9.17) is 22.8 Å². The molecule has 0 unspecified atom stereocenters. The fourth-order valence-electron chi connectivity index (χ4n) is 0.317. The van der Waals surface area contributed by atoms with Crippen molar-refractivity contribution in [2.24, 2.45) is 0 Å². The van der Waals surface area contributed by atoms with Gasteiger partial charge in [-0.05, 0) is 0 Å². The molecule has 0 aliphatic heterocycles. The van der Waals surface area contributed by atoms with Gasteiger partial charge in [-0.15, -0.1) is 18.0 Å². The maximum absolute atomic E-state index is 5.33. The molecule has 9 heavy (non-hydrogen) atoms. The highest BCUT2D eigenvalue weighted by Gasteiger charge is 1.74. The monoisotopic (exact) mass is 144 g/mol. The van der Waals surface area contributed by atoms with Crippen molar-refractivity contribution in [3.8, 4) is 12.3 Å². The minimum atomic E-state index is 0.368. The van der Waals surface area contributed by atoms with E-state index in [0.29, 0.717) is 19.1 Å². The van der Waals surface area contributed by atoms with Gasteiger partial charge in [0.2, 0.25) is 0 Å².